The third-order valence-electron chi connectivity index (χ3n) is 5.27. The van der Waals surface area contributed by atoms with Crippen LogP contribution >= 0.6 is 11.3 Å². The Bertz CT molecular complexity index is 981. The number of benzene rings is 1. The Morgan fingerprint density at radius 1 is 1.12 bits per heavy atom. The number of piperazine rings is 1. The lowest BCUT2D eigenvalue weighted by Crippen LogP contribution is -2.48. The van der Waals surface area contributed by atoms with Crippen LogP contribution in [0.2, 0.25) is 0 Å². The van der Waals surface area contributed by atoms with Crippen molar-refractivity contribution in [1.29, 1.82) is 0 Å². The molecule has 1 aliphatic heterocycles. The van der Waals surface area contributed by atoms with E-state index in [1.54, 1.807) is 26.0 Å². The zero-order valence-electron chi connectivity index (χ0n) is 18.4. The fourth-order valence-corrected chi connectivity index (χ4v) is 4.73. The van der Waals surface area contributed by atoms with Gasteiger partial charge < -0.3 is 25.4 Å². The number of carbonyl (C=O) groups is 3. The lowest BCUT2D eigenvalue weighted by Gasteiger charge is -2.35. The van der Waals surface area contributed by atoms with Gasteiger partial charge >= 0.3 is 5.97 Å². The van der Waals surface area contributed by atoms with Gasteiger partial charge in [-0.3, -0.25) is 14.5 Å². The van der Waals surface area contributed by atoms with Crippen molar-refractivity contribution in [2.24, 2.45) is 0 Å². The van der Waals surface area contributed by atoms with E-state index in [2.05, 4.69) is 15.5 Å². The van der Waals surface area contributed by atoms with Crippen molar-refractivity contribution in [2.45, 2.75) is 13.8 Å². The monoisotopic (exact) mass is 460 g/mol. The average molecular weight is 461 g/mol. The maximum Gasteiger partial charge on any atom is 0.341 e. The van der Waals surface area contributed by atoms with Crippen LogP contribution in [-0.4, -0.2) is 74.2 Å². The standard InChI is InChI=1S/C22H28N4O5S/c1-4-31-22(30)18-14(2)19(20(29)23-3)32-21(18)24-17(28)13-25-9-11-26(12-10-25)15-5-7-16(27)8-6-15/h5-8,27H,4,9-13H2,1-3H3,(H,23,29)(H,24,28). The van der Waals surface area contributed by atoms with Crippen molar-refractivity contribution in [1.82, 2.24) is 10.2 Å². The Hall–Kier alpha value is -3.11. The number of aromatic hydroxyl groups is 1. The molecule has 1 aromatic carbocycles. The average Bonchev–Trinajstić information content (AvgIpc) is 3.10. The normalized spacial score (nSPS) is 14.2. The number of phenols is 1. The molecule has 1 fully saturated rings. The summed E-state index contributed by atoms with van der Waals surface area (Å²) in [6.07, 6.45) is 0. The van der Waals surface area contributed by atoms with Gasteiger partial charge in [0, 0.05) is 38.9 Å². The number of thiophene rings is 1. The Kier molecular flexibility index (Phi) is 7.70. The first-order valence-electron chi connectivity index (χ1n) is 10.4. The minimum Gasteiger partial charge on any atom is -0.508 e. The van der Waals surface area contributed by atoms with E-state index in [1.165, 1.54) is 7.05 Å². The molecule has 2 aromatic rings. The summed E-state index contributed by atoms with van der Waals surface area (Å²) < 4.78 is 5.12. The first-order valence-corrected chi connectivity index (χ1v) is 11.2. The van der Waals surface area contributed by atoms with E-state index in [0.29, 0.717) is 28.5 Å². The first kappa shape index (κ1) is 23.6. The highest BCUT2D eigenvalue weighted by Gasteiger charge is 2.27. The van der Waals surface area contributed by atoms with E-state index in [9.17, 15) is 19.5 Å². The zero-order valence-corrected chi connectivity index (χ0v) is 19.3. The quantitative estimate of drug-likeness (QED) is 0.543. The highest BCUT2D eigenvalue weighted by atomic mass is 32.1. The Balaban J connectivity index is 1.64. The zero-order chi connectivity index (χ0) is 23.3. The van der Waals surface area contributed by atoms with Crippen LogP contribution in [-0.2, 0) is 9.53 Å². The molecule has 0 unspecified atom stereocenters. The molecule has 0 atom stereocenters. The van der Waals surface area contributed by atoms with E-state index in [-0.39, 0.29) is 36.3 Å². The Morgan fingerprint density at radius 2 is 1.78 bits per heavy atom. The summed E-state index contributed by atoms with van der Waals surface area (Å²) in [6, 6.07) is 7.06. The summed E-state index contributed by atoms with van der Waals surface area (Å²) in [4.78, 5) is 41.9. The van der Waals surface area contributed by atoms with Gasteiger partial charge in [-0.05, 0) is 43.7 Å². The highest BCUT2D eigenvalue weighted by molar-refractivity contribution is 7.18. The lowest BCUT2D eigenvalue weighted by atomic mass is 10.1. The van der Waals surface area contributed by atoms with E-state index in [4.69, 9.17) is 4.74 Å². The number of ether oxygens (including phenoxy) is 1. The lowest BCUT2D eigenvalue weighted by molar-refractivity contribution is -0.117. The van der Waals surface area contributed by atoms with Crippen molar-refractivity contribution in [3.05, 3.63) is 40.3 Å². The molecule has 9 nitrogen and oxygen atoms in total. The molecule has 2 amide bonds. The fraction of sp³-hybridized carbons (Fsp3) is 0.409. The maximum absolute atomic E-state index is 12.7. The molecule has 172 valence electrons. The van der Waals surface area contributed by atoms with Gasteiger partial charge in [0.25, 0.3) is 5.91 Å². The maximum atomic E-state index is 12.7. The molecule has 1 aliphatic rings. The third-order valence-corrected chi connectivity index (χ3v) is 6.47. The molecule has 3 rings (SSSR count). The van der Waals surface area contributed by atoms with Crippen LogP contribution in [0.1, 0.15) is 32.5 Å². The molecule has 32 heavy (non-hydrogen) atoms. The Labute approximate surface area is 191 Å². The molecule has 0 saturated carbocycles. The minimum absolute atomic E-state index is 0.179. The first-order chi connectivity index (χ1) is 15.3. The van der Waals surface area contributed by atoms with Gasteiger partial charge in [0.15, 0.2) is 0 Å². The van der Waals surface area contributed by atoms with Gasteiger partial charge in [0.05, 0.1) is 23.6 Å². The summed E-state index contributed by atoms with van der Waals surface area (Å²) in [5.74, 6) is -0.897. The van der Waals surface area contributed by atoms with E-state index >= 15 is 0 Å². The van der Waals surface area contributed by atoms with Crippen LogP contribution < -0.4 is 15.5 Å². The van der Waals surface area contributed by atoms with Crippen molar-refractivity contribution >= 4 is 39.8 Å². The number of nitrogens with one attached hydrogen (secondary N) is 2. The van der Waals surface area contributed by atoms with Crippen LogP contribution in [0.4, 0.5) is 10.7 Å². The summed E-state index contributed by atoms with van der Waals surface area (Å²) in [5, 5.41) is 15.1. The number of carbonyl (C=O) groups excluding carboxylic acids is 3. The van der Waals surface area contributed by atoms with Crippen molar-refractivity contribution in [3.8, 4) is 5.75 Å². The molecular weight excluding hydrogens is 432 g/mol. The smallest absolute Gasteiger partial charge is 0.341 e. The molecule has 0 bridgehead atoms. The Morgan fingerprint density at radius 3 is 2.38 bits per heavy atom. The molecule has 1 saturated heterocycles. The number of nitrogens with zero attached hydrogens (tertiary/aromatic N) is 2. The second kappa shape index (κ2) is 10.5. The third kappa shape index (κ3) is 5.38. The van der Waals surface area contributed by atoms with Crippen LogP contribution in [0.15, 0.2) is 24.3 Å². The molecule has 1 aromatic heterocycles. The number of amides is 2. The molecule has 0 radical (unpaired) electrons. The predicted molar refractivity (Wildman–Crippen MR) is 124 cm³/mol. The van der Waals surface area contributed by atoms with Crippen LogP contribution in [0, 0.1) is 6.92 Å². The van der Waals surface area contributed by atoms with E-state index in [0.717, 1.165) is 30.1 Å². The topological polar surface area (TPSA) is 111 Å². The van der Waals surface area contributed by atoms with E-state index in [1.807, 2.05) is 17.0 Å². The number of phenolic OH excluding ortho intramolecular Hbond substituents is 1. The molecule has 0 aliphatic carbocycles. The molecule has 10 heteroatoms. The van der Waals surface area contributed by atoms with Gasteiger partial charge in [-0.15, -0.1) is 11.3 Å². The largest absolute Gasteiger partial charge is 0.508 e. The van der Waals surface area contributed by atoms with Crippen LogP contribution in [0.5, 0.6) is 5.75 Å². The van der Waals surface area contributed by atoms with Crippen molar-refractivity contribution in [3.63, 3.8) is 0 Å². The van der Waals surface area contributed by atoms with Crippen molar-refractivity contribution in [2.75, 3.05) is 56.6 Å². The summed E-state index contributed by atoms with van der Waals surface area (Å²) in [7, 11) is 1.52. The second-order valence-corrected chi connectivity index (χ2v) is 8.41. The van der Waals surface area contributed by atoms with E-state index < -0.39 is 5.97 Å². The van der Waals surface area contributed by atoms with Gasteiger partial charge in [0.1, 0.15) is 10.8 Å². The van der Waals surface area contributed by atoms with Gasteiger partial charge in [-0.1, -0.05) is 0 Å². The number of esters is 1. The van der Waals surface area contributed by atoms with Gasteiger partial charge in [0.2, 0.25) is 5.91 Å². The van der Waals surface area contributed by atoms with Gasteiger partial charge in [-0.25, -0.2) is 4.79 Å². The SMILES string of the molecule is CCOC(=O)c1c(NC(=O)CN2CCN(c3ccc(O)cc3)CC2)sc(C(=O)NC)c1C. The van der Waals surface area contributed by atoms with Gasteiger partial charge in [-0.2, -0.15) is 0 Å². The van der Waals surface area contributed by atoms with Crippen molar-refractivity contribution < 1.29 is 24.2 Å². The summed E-state index contributed by atoms with van der Waals surface area (Å²) in [6.45, 7) is 6.66. The fourth-order valence-electron chi connectivity index (χ4n) is 3.58. The summed E-state index contributed by atoms with van der Waals surface area (Å²) >= 11 is 1.07. The predicted octanol–water partition coefficient (Wildman–Crippen LogP) is 2.06. The second-order valence-electron chi connectivity index (χ2n) is 7.39. The molecule has 0 spiro atoms. The highest BCUT2D eigenvalue weighted by Crippen LogP contribution is 2.33. The number of anilines is 2. The number of rotatable bonds is 7. The molecular formula is C22H28N4O5S. The molecule has 3 N–H and O–H groups in total. The number of hydrogen-bond acceptors (Lipinski definition) is 8. The summed E-state index contributed by atoms with van der Waals surface area (Å²) in [5.41, 5.74) is 1.74. The van der Waals surface area contributed by atoms with Crippen LogP contribution in [0.3, 0.4) is 0 Å². The molecule has 2 heterocycles. The number of hydrogen-bond donors (Lipinski definition) is 3. The minimum atomic E-state index is -0.561. The van der Waals surface area contributed by atoms with Crippen LogP contribution in [0.25, 0.3) is 0 Å².